The van der Waals surface area contributed by atoms with Crippen LogP contribution in [0.4, 0.5) is 0 Å². The van der Waals surface area contributed by atoms with Crippen LogP contribution in [0.15, 0.2) is 49.6 Å². The molecule has 1 N–H and O–H groups in total. The third-order valence-corrected chi connectivity index (χ3v) is 9.03. The molecule has 40 heavy (non-hydrogen) atoms. The molecular weight excluding hydrogens is 580 g/mol. The highest BCUT2D eigenvalue weighted by Crippen LogP contribution is 2.60. The number of carbonyl (C=O) groups excluding carboxylic acids is 3. The molecule has 6 atom stereocenters. The van der Waals surface area contributed by atoms with E-state index in [0.29, 0.717) is 25.0 Å². The Kier molecular flexibility index (Phi) is 8.12. The molecule has 12 heteroatoms. The summed E-state index contributed by atoms with van der Waals surface area (Å²) >= 11 is 3.70. The van der Waals surface area contributed by atoms with Crippen molar-refractivity contribution in [2.75, 3.05) is 32.8 Å². The van der Waals surface area contributed by atoms with E-state index in [2.05, 4.69) is 39.4 Å². The average molecular weight is 616 g/mol. The van der Waals surface area contributed by atoms with Crippen LogP contribution in [0.25, 0.3) is 11.0 Å². The van der Waals surface area contributed by atoms with Crippen LogP contribution in [-0.2, 0) is 25.8 Å². The lowest BCUT2D eigenvalue weighted by Crippen LogP contribution is -2.57. The molecule has 214 valence electrons. The number of halogens is 1. The number of para-hydroxylation sites is 1. The molecule has 3 fully saturated rings. The van der Waals surface area contributed by atoms with Gasteiger partial charge in [0.2, 0.25) is 17.7 Å². The van der Waals surface area contributed by atoms with Gasteiger partial charge in [-0.05, 0) is 25.0 Å². The second-order valence-electron chi connectivity index (χ2n) is 10.6. The van der Waals surface area contributed by atoms with Crippen molar-refractivity contribution in [1.29, 1.82) is 0 Å². The highest BCUT2D eigenvalue weighted by atomic mass is 79.9. The number of benzene rings is 1. The lowest BCUT2D eigenvalue weighted by atomic mass is 9.70. The number of nitrogens with zero attached hydrogens (tertiary/aromatic N) is 6. The van der Waals surface area contributed by atoms with E-state index in [1.54, 1.807) is 26.6 Å². The van der Waals surface area contributed by atoms with Crippen LogP contribution in [0.2, 0.25) is 0 Å². The van der Waals surface area contributed by atoms with Crippen LogP contribution in [0.3, 0.4) is 0 Å². The zero-order valence-corrected chi connectivity index (χ0v) is 24.1. The summed E-state index contributed by atoms with van der Waals surface area (Å²) in [5, 5.41) is 18.3. The van der Waals surface area contributed by atoms with Crippen LogP contribution in [0.5, 0.6) is 0 Å². The summed E-state index contributed by atoms with van der Waals surface area (Å²) in [6, 6.07) is 6.43. The molecule has 1 aromatic heterocycles. The van der Waals surface area contributed by atoms with Crippen LogP contribution >= 0.6 is 15.9 Å². The van der Waals surface area contributed by atoms with Crippen LogP contribution < -0.4 is 0 Å². The molecule has 3 aliphatic heterocycles. The van der Waals surface area contributed by atoms with Gasteiger partial charge < -0.3 is 24.5 Å². The highest BCUT2D eigenvalue weighted by molar-refractivity contribution is 9.09. The molecule has 0 saturated carbocycles. The first kappa shape index (κ1) is 28.4. The van der Waals surface area contributed by atoms with E-state index in [1.807, 2.05) is 31.2 Å². The number of rotatable bonds is 12. The average Bonchev–Trinajstić information content (AvgIpc) is 3.66. The van der Waals surface area contributed by atoms with Crippen molar-refractivity contribution >= 4 is 44.7 Å². The molecule has 1 spiro atoms. The van der Waals surface area contributed by atoms with Crippen LogP contribution in [-0.4, -0.2) is 108 Å². The maximum atomic E-state index is 14.4. The molecule has 5 rings (SSSR count). The fourth-order valence-corrected chi connectivity index (χ4v) is 7.64. The minimum absolute atomic E-state index is 0.0467. The van der Waals surface area contributed by atoms with Crippen LogP contribution in [0, 0.1) is 11.8 Å². The molecule has 3 saturated heterocycles. The molecular formula is C28H35BrN6O5. The molecule has 0 aliphatic carbocycles. The SMILES string of the molecule is C=CCN(Cn1nnc2ccccc21)C(=O)C1N(CCO)C(=O)[C@@H]2[C@H](C(=O)N(CC=C)CCC)[C@H]3OC12CC3Br. The number of carbonyl (C=O) groups is 3. The third-order valence-electron chi connectivity index (χ3n) is 8.19. The zero-order chi connectivity index (χ0) is 28.6. The summed E-state index contributed by atoms with van der Waals surface area (Å²) in [7, 11) is 0. The number of β-amino-alcohol motifs (C(OH)–C–C–N with tert-alkyl or cyclic N) is 1. The lowest BCUT2D eigenvalue weighted by Gasteiger charge is -2.37. The van der Waals surface area contributed by atoms with Gasteiger partial charge in [-0.1, -0.05) is 52.4 Å². The Labute approximate surface area is 241 Å². The Balaban J connectivity index is 1.52. The van der Waals surface area contributed by atoms with Crippen LogP contribution in [0.1, 0.15) is 19.8 Å². The first-order valence-electron chi connectivity index (χ1n) is 13.6. The topological polar surface area (TPSA) is 121 Å². The Bertz CT molecular complexity index is 1320. The van der Waals surface area contributed by atoms with E-state index >= 15 is 0 Å². The molecule has 3 aliphatic rings. The van der Waals surface area contributed by atoms with E-state index in [1.165, 1.54) is 4.90 Å². The minimum Gasteiger partial charge on any atom is -0.395 e. The van der Waals surface area contributed by atoms with E-state index in [-0.39, 0.29) is 48.9 Å². The number of alkyl halides is 1. The van der Waals surface area contributed by atoms with Gasteiger partial charge in [-0.15, -0.1) is 18.3 Å². The number of hydrogen-bond acceptors (Lipinski definition) is 7. The Hall–Kier alpha value is -3.09. The summed E-state index contributed by atoms with van der Waals surface area (Å²) < 4.78 is 8.21. The Morgan fingerprint density at radius 1 is 1.23 bits per heavy atom. The van der Waals surface area contributed by atoms with Crippen molar-refractivity contribution in [2.45, 2.75) is 49.0 Å². The third kappa shape index (κ3) is 4.46. The summed E-state index contributed by atoms with van der Waals surface area (Å²) in [5.41, 5.74) is 0.249. The molecule has 0 radical (unpaired) electrons. The van der Waals surface area contributed by atoms with E-state index in [4.69, 9.17) is 4.74 Å². The van der Waals surface area contributed by atoms with E-state index in [0.717, 1.165) is 11.9 Å². The molecule has 1 aromatic carbocycles. The van der Waals surface area contributed by atoms with Gasteiger partial charge in [-0.3, -0.25) is 14.4 Å². The van der Waals surface area contributed by atoms with Crippen molar-refractivity contribution < 1.29 is 24.2 Å². The van der Waals surface area contributed by atoms with E-state index < -0.39 is 29.6 Å². The lowest BCUT2D eigenvalue weighted by molar-refractivity contribution is -0.150. The first-order valence-corrected chi connectivity index (χ1v) is 14.5. The highest BCUT2D eigenvalue weighted by Gasteiger charge is 2.76. The van der Waals surface area contributed by atoms with Crippen molar-refractivity contribution in [1.82, 2.24) is 29.7 Å². The molecule has 11 nitrogen and oxygen atoms in total. The summed E-state index contributed by atoms with van der Waals surface area (Å²) in [5.74, 6) is -2.45. The number of ether oxygens (including phenoxy) is 1. The van der Waals surface area contributed by atoms with Crippen molar-refractivity contribution in [3.05, 3.63) is 49.6 Å². The number of aliphatic hydroxyl groups excluding tert-OH is 1. The number of amides is 3. The number of aromatic nitrogens is 3. The predicted octanol–water partition coefficient (Wildman–Crippen LogP) is 1.57. The van der Waals surface area contributed by atoms with Gasteiger partial charge in [0, 0.05) is 31.0 Å². The Morgan fingerprint density at radius 2 is 1.95 bits per heavy atom. The van der Waals surface area contributed by atoms with Gasteiger partial charge in [0.1, 0.15) is 23.8 Å². The number of likely N-dealkylation sites (tertiary alicyclic amines) is 1. The molecule has 3 unspecified atom stereocenters. The van der Waals surface area contributed by atoms with Crippen molar-refractivity contribution in [2.24, 2.45) is 11.8 Å². The smallest absolute Gasteiger partial charge is 0.250 e. The summed E-state index contributed by atoms with van der Waals surface area (Å²) in [6.07, 6.45) is 3.88. The standard InChI is InChI=1S/C28H35BrN6O5/c1-4-11-32(12-5-2)25(37)21-22-26(38)34(14-15-36)24(28(22)16-18(29)23(21)40-28)27(39)33(13-6-3)17-35-20-10-8-7-9-19(20)30-31-35/h4,6-10,18,21-24,36H,1,3,5,11-17H2,2H3/t18?,21-,22-,23-,24?,28?/m0/s1. The Morgan fingerprint density at radius 3 is 2.65 bits per heavy atom. The minimum atomic E-state index is -1.21. The number of hydrogen-bond donors (Lipinski definition) is 1. The fraction of sp³-hybridized carbons (Fsp3) is 0.536. The maximum absolute atomic E-state index is 14.4. The molecule has 4 heterocycles. The monoisotopic (exact) mass is 614 g/mol. The van der Waals surface area contributed by atoms with Gasteiger partial charge in [0.15, 0.2) is 0 Å². The van der Waals surface area contributed by atoms with E-state index in [9.17, 15) is 19.5 Å². The second-order valence-corrected chi connectivity index (χ2v) is 11.7. The second kappa shape index (κ2) is 11.4. The maximum Gasteiger partial charge on any atom is 0.250 e. The van der Waals surface area contributed by atoms with Crippen molar-refractivity contribution in [3.63, 3.8) is 0 Å². The zero-order valence-electron chi connectivity index (χ0n) is 22.6. The first-order chi connectivity index (χ1) is 19.3. The van der Waals surface area contributed by atoms with Crippen molar-refractivity contribution in [3.8, 4) is 0 Å². The fourth-order valence-electron chi connectivity index (χ4n) is 6.70. The number of fused-ring (bicyclic) bond motifs is 2. The normalized spacial score (nSPS) is 28.6. The predicted molar refractivity (Wildman–Crippen MR) is 151 cm³/mol. The largest absolute Gasteiger partial charge is 0.395 e. The molecule has 2 aromatic rings. The molecule has 2 bridgehead atoms. The summed E-state index contributed by atoms with van der Waals surface area (Å²) in [4.78, 5) is 46.8. The van der Waals surface area contributed by atoms with Gasteiger partial charge in [-0.2, -0.15) is 0 Å². The summed E-state index contributed by atoms with van der Waals surface area (Å²) in [6.45, 7) is 10.4. The quantitative estimate of drug-likeness (QED) is 0.284. The molecule has 3 amide bonds. The van der Waals surface area contributed by atoms with Gasteiger partial charge in [0.25, 0.3) is 0 Å². The van der Waals surface area contributed by atoms with Gasteiger partial charge in [0.05, 0.1) is 30.1 Å². The number of aliphatic hydroxyl groups is 1. The van der Waals surface area contributed by atoms with Gasteiger partial charge in [-0.25, -0.2) is 4.68 Å². The van der Waals surface area contributed by atoms with Gasteiger partial charge >= 0.3 is 0 Å².